The van der Waals surface area contributed by atoms with Crippen molar-refractivity contribution in [2.24, 2.45) is 0 Å². The van der Waals surface area contributed by atoms with Crippen LogP contribution < -0.4 is 0 Å². The fraction of sp³-hybridized carbons (Fsp3) is 0.520. The van der Waals surface area contributed by atoms with Crippen LogP contribution in [0.4, 0.5) is 13.2 Å². The van der Waals surface area contributed by atoms with Gasteiger partial charge in [0.05, 0.1) is 23.5 Å². The van der Waals surface area contributed by atoms with Gasteiger partial charge < -0.3 is 19.3 Å². The molecular weight excluding hydrogens is 453 g/mol. The lowest BCUT2D eigenvalue weighted by molar-refractivity contribution is -0.151. The molecule has 0 aromatic heterocycles. The number of rotatable bonds is 6. The van der Waals surface area contributed by atoms with Crippen LogP contribution in [-0.2, 0) is 14.2 Å². The van der Waals surface area contributed by atoms with E-state index in [1.54, 1.807) is 6.92 Å². The highest BCUT2D eigenvalue weighted by atomic mass is 32.2. The first-order chi connectivity index (χ1) is 15.5. The van der Waals surface area contributed by atoms with Crippen LogP contribution in [0.1, 0.15) is 40.5 Å². The van der Waals surface area contributed by atoms with Gasteiger partial charge in [-0.2, -0.15) is 13.2 Å². The van der Waals surface area contributed by atoms with Crippen molar-refractivity contribution in [3.63, 3.8) is 0 Å². The molecule has 2 saturated heterocycles. The molecule has 1 N–H and O–H groups in total. The number of thioether (sulfide) groups is 1. The van der Waals surface area contributed by atoms with Crippen molar-refractivity contribution in [3.8, 4) is 0 Å². The minimum atomic E-state index is -4.33. The van der Waals surface area contributed by atoms with Crippen LogP contribution in [0.3, 0.4) is 0 Å². The summed E-state index contributed by atoms with van der Waals surface area (Å²) < 4.78 is 54.5. The number of ether oxygens (including phenoxy) is 3. The number of alkyl halides is 3. The van der Waals surface area contributed by atoms with E-state index < -0.39 is 17.5 Å². The monoisotopic (exact) mass is 486 g/mol. The molecule has 3 atom stereocenters. The minimum absolute atomic E-state index is 0.0285. The largest absolute Gasteiger partial charge is 0.513 e. The molecule has 33 heavy (non-hydrogen) atoms. The van der Waals surface area contributed by atoms with Gasteiger partial charge in [-0.25, -0.2) is 0 Å². The number of halogens is 3. The number of hydrogen-bond acceptors (Lipinski definition) is 5. The van der Waals surface area contributed by atoms with Gasteiger partial charge in [0.1, 0.15) is 6.10 Å². The first-order valence-corrected chi connectivity index (χ1v) is 12.0. The fourth-order valence-corrected chi connectivity index (χ4v) is 4.45. The van der Waals surface area contributed by atoms with Crippen LogP contribution in [0.15, 0.2) is 70.9 Å². The molecule has 0 radical (unpaired) electrons. The zero-order valence-electron chi connectivity index (χ0n) is 19.5. The molecule has 3 unspecified atom stereocenters. The SMILES string of the molecule is CC/C=C(/C=C\C=C(/C)O)C(F)(F)F.CC1(C)OC2CCOC(CSc3ccccc3)C2O1. The van der Waals surface area contributed by atoms with Crippen molar-refractivity contribution in [3.05, 3.63) is 66.0 Å². The highest BCUT2D eigenvalue weighted by Crippen LogP contribution is 2.36. The zero-order valence-corrected chi connectivity index (χ0v) is 20.3. The van der Waals surface area contributed by atoms with Crippen molar-refractivity contribution >= 4 is 11.8 Å². The summed E-state index contributed by atoms with van der Waals surface area (Å²) in [7, 11) is 0. The Bertz CT molecular complexity index is 815. The highest BCUT2D eigenvalue weighted by molar-refractivity contribution is 7.99. The van der Waals surface area contributed by atoms with E-state index in [0.29, 0.717) is 6.42 Å². The summed E-state index contributed by atoms with van der Waals surface area (Å²) in [5.74, 6) is 0.405. The number of aliphatic hydroxyl groups is 1. The van der Waals surface area contributed by atoms with Gasteiger partial charge in [-0.15, -0.1) is 11.8 Å². The van der Waals surface area contributed by atoms with Crippen LogP contribution in [-0.4, -0.2) is 47.7 Å². The Morgan fingerprint density at radius 2 is 1.91 bits per heavy atom. The van der Waals surface area contributed by atoms with Crippen molar-refractivity contribution in [1.29, 1.82) is 0 Å². The fourth-order valence-electron chi connectivity index (χ4n) is 3.46. The van der Waals surface area contributed by atoms with Crippen LogP contribution in [0, 0.1) is 0 Å². The maximum Gasteiger partial charge on any atom is 0.416 e. The Hall–Kier alpha value is -1.74. The molecule has 2 heterocycles. The van der Waals surface area contributed by atoms with Crippen LogP contribution >= 0.6 is 11.8 Å². The normalized spacial score (nSPS) is 25.5. The molecule has 184 valence electrons. The number of benzene rings is 1. The Morgan fingerprint density at radius 1 is 1.21 bits per heavy atom. The number of fused-ring (bicyclic) bond motifs is 1. The molecule has 0 amide bonds. The van der Waals surface area contributed by atoms with Crippen molar-refractivity contribution in [2.75, 3.05) is 12.4 Å². The molecule has 2 aliphatic heterocycles. The molecule has 4 nitrogen and oxygen atoms in total. The van der Waals surface area contributed by atoms with Gasteiger partial charge in [-0.3, -0.25) is 0 Å². The lowest BCUT2D eigenvalue weighted by Gasteiger charge is -2.31. The number of allylic oxidation sites excluding steroid dienone is 6. The maximum absolute atomic E-state index is 12.2. The molecule has 0 saturated carbocycles. The van der Waals surface area contributed by atoms with Gasteiger partial charge in [0.25, 0.3) is 0 Å². The summed E-state index contributed by atoms with van der Waals surface area (Å²) >= 11 is 1.82. The molecule has 0 aliphatic carbocycles. The summed E-state index contributed by atoms with van der Waals surface area (Å²) in [6.07, 6.45) is 1.70. The average molecular weight is 487 g/mol. The molecule has 3 rings (SSSR count). The minimum Gasteiger partial charge on any atom is -0.513 e. The van der Waals surface area contributed by atoms with E-state index in [0.717, 1.165) is 30.9 Å². The third kappa shape index (κ3) is 9.57. The van der Waals surface area contributed by atoms with E-state index >= 15 is 0 Å². The number of aliphatic hydroxyl groups excluding tert-OH is 1. The zero-order chi connectivity index (χ0) is 24.5. The molecule has 0 bridgehead atoms. The highest BCUT2D eigenvalue weighted by Gasteiger charge is 2.47. The Labute approximate surface area is 198 Å². The second-order valence-corrected chi connectivity index (χ2v) is 9.29. The van der Waals surface area contributed by atoms with Crippen LogP contribution in [0.5, 0.6) is 0 Å². The first-order valence-electron chi connectivity index (χ1n) is 11.0. The Kier molecular flexibility index (Phi) is 10.5. The van der Waals surface area contributed by atoms with Gasteiger partial charge in [0.15, 0.2) is 5.79 Å². The third-order valence-electron chi connectivity index (χ3n) is 4.84. The lowest BCUT2D eigenvalue weighted by Crippen LogP contribution is -2.44. The molecule has 2 aliphatic rings. The molecule has 1 aromatic carbocycles. The van der Waals surface area contributed by atoms with E-state index in [-0.39, 0.29) is 24.1 Å². The van der Waals surface area contributed by atoms with E-state index in [1.165, 1.54) is 24.0 Å². The second-order valence-electron chi connectivity index (χ2n) is 8.19. The Balaban J connectivity index is 0.000000248. The third-order valence-corrected chi connectivity index (χ3v) is 5.94. The van der Waals surface area contributed by atoms with E-state index in [4.69, 9.17) is 19.3 Å². The van der Waals surface area contributed by atoms with Gasteiger partial charge >= 0.3 is 6.18 Å². The Morgan fingerprint density at radius 3 is 2.52 bits per heavy atom. The molecule has 1 aromatic rings. The van der Waals surface area contributed by atoms with Gasteiger partial charge in [0, 0.05) is 17.3 Å². The average Bonchev–Trinajstić information content (AvgIpc) is 3.06. The van der Waals surface area contributed by atoms with Crippen molar-refractivity contribution in [2.45, 2.75) is 75.7 Å². The summed E-state index contributed by atoms with van der Waals surface area (Å²) in [6.45, 7) is 7.74. The van der Waals surface area contributed by atoms with E-state index in [1.807, 2.05) is 31.7 Å². The van der Waals surface area contributed by atoms with Crippen molar-refractivity contribution in [1.82, 2.24) is 0 Å². The molecular formula is C25H33F3O4S. The van der Waals surface area contributed by atoms with E-state index in [9.17, 15) is 13.2 Å². The smallest absolute Gasteiger partial charge is 0.416 e. The molecule has 2 fully saturated rings. The predicted molar refractivity (Wildman–Crippen MR) is 125 cm³/mol. The van der Waals surface area contributed by atoms with E-state index in [2.05, 4.69) is 24.3 Å². The van der Waals surface area contributed by atoms with Crippen LogP contribution in [0.25, 0.3) is 0 Å². The summed E-state index contributed by atoms with van der Waals surface area (Å²) in [6, 6.07) is 10.4. The van der Waals surface area contributed by atoms with Crippen LogP contribution in [0.2, 0.25) is 0 Å². The lowest BCUT2D eigenvalue weighted by atomic mass is 10.0. The summed E-state index contributed by atoms with van der Waals surface area (Å²) in [5.41, 5.74) is -0.697. The van der Waals surface area contributed by atoms with Gasteiger partial charge in [0.2, 0.25) is 0 Å². The maximum atomic E-state index is 12.2. The standard InChI is InChI=1S/C15H20O3S.C10H13F3O/c1-15(2)17-12-8-9-16-13(14(12)18-15)10-19-11-6-4-3-5-7-11;1-3-5-9(10(11,12)13)7-4-6-8(2)14/h3-7,12-14H,8-10H2,1-2H3;4-7,14H,3H2,1-2H3/b;7-4-,8-6+,9-5-. The quantitative estimate of drug-likeness (QED) is 0.267. The summed E-state index contributed by atoms with van der Waals surface area (Å²) in [4.78, 5) is 1.27. The second kappa shape index (κ2) is 12.6. The first kappa shape index (κ1) is 27.5. The molecule has 0 spiro atoms. The van der Waals surface area contributed by atoms with Crippen molar-refractivity contribution < 1.29 is 32.5 Å². The number of hydrogen-bond donors (Lipinski definition) is 1. The van der Waals surface area contributed by atoms with Gasteiger partial charge in [-0.1, -0.05) is 43.4 Å². The molecule has 8 heteroatoms. The van der Waals surface area contributed by atoms with Gasteiger partial charge in [-0.05, 0) is 51.8 Å². The predicted octanol–water partition coefficient (Wildman–Crippen LogP) is 6.99. The topological polar surface area (TPSA) is 47.9 Å². The summed E-state index contributed by atoms with van der Waals surface area (Å²) in [5, 5.41) is 8.71.